The van der Waals surface area contributed by atoms with Gasteiger partial charge in [-0.05, 0) is 32.2 Å². The van der Waals surface area contributed by atoms with Crippen LogP contribution in [0.1, 0.15) is 25.7 Å². The molecule has 1 aliphatic rings. The molecular weight excluding hydrogens is 154 g/mol. The van der Waals surface area contributed by atoms with E-state index in [9.17, 15) is 0 Å². The van der Waals surface area contributed by atoms with E-state index in [-0.39, 0.29) is 0 Å². The van der Waals surface area contributed by atoms with Crippen molar-refractivity contribution in [3.63, 3.8) is 0 Å². The third kappa shape index (κ3) is 4.04. The fourth-order valence-electron chi connectivity index (χ4n) is 1.41. The Hall–Kier alpha value is -0.120. The van der Waals surface area contributed by atoms with Crippen LogP contribution < -0.4 is 5.32 Å². The van der Waals surface area contributed by atoms with Gasteiger partial charge in [0.1, 0.15) is 0 Å². The van der Waals surface area contributed by atoms with Crippen LogP contribution in [0.3, 0.4) is 0 Å². The van der Waals surface area contributed by atoms with Gasteiger partial charge in [0.25, 0.3) is 0 Å². The maximum atomic E-state index is 8.53. The monoisotopic (exact) mass is 173 g/mol. The molecule has 2 N–H and O–H groups in total. The molecule has 1 unspecified atom stereocenters. The van der Waals surface area contributed by atoms with Crippen LogP contribution in [-0.2, 0) is 4.74 Å². The Morgan fingerprint density at radius 3 is 2.92 bits per heavy atom. The first-order valence-electron chi connectivity index (χ1n) is 4.86. The molecule has 1 saturated heterocycles. The van der Waals surface area contributed by atoms with Gasteiger partial charge >= 0.3 is 0 Å². The standard InChI is InChI=1S/C9H19NO2/c11-6-2-1-3-7-12-9-4-5-10-8-9/h9-11H,1-8H2. The van der Waals surface area contributed by atoms with E-state index in [1.54, 1.807) is 0 Å². The van der Waals surface area contributed by atoms with Crippen molar-refractivity contribution in [2.24, 2.45) is 0 Å². The van der Waals surface area contributed by atoms with Gasteiger partial charge in [-0.1, -0.05) is 0 Å². The van der Waals surface area contributed by atoms with E-state index in [1.807, 2.05) is 0 Å². The Balaban J connectivity index is 1.81. The van der Waals surface area contributed by atoms with Crippen molar-refractivity contribution in [3.05, 3.63) is 0 Å². The minimum absolute atomic E-state index is 0.311. The minimum atomic E-state index is 0.311. The smallest absolute Gasteiger partial charge is 0.0711 e. The molecule has 0 saturated carbocycles. The van der Waals surface area contributed by atoms with Gasteiger partial charge in [-0.15, -0.1) is 0 Å². The molecule has 0 amide bonds. The number of hydrogen-bond donors (Lipinski definition) is 2. The zero-order valence-electron chi connectivity index (χ0n) is 7.59. The summed E-state index contributed by atoms with van der Waals surface area (Å²) in [5, 5.41) is 11.8. The van der Waals surface area contributed by atoms with Crippen LogP contribution in [-0.4, -0.2) is 37.5 Å². The molecule has 3 heteroatoms. The molecule has 0 spiro atoms. The van der Waals surface area contributed by atoms with Crippen molar-refractivity contribution in [1.82, 2.24) is 5.32 Å². The number of unbranched alkanes of at least 4 members (excludes halogenated alkanes) is 2. The van der Waals surface area contributed by atoms with Gasteiger partial charge in [-0.3, -0.25) is 0 Å². The molecule has 0 aliphatic carbocycles. The Kier molecular flexibility index (Phi) is 5.32. The highest BCUT2D eigenvalue weighted by Gasteiger charge is 2.13. The lowest BCUT2D eigenvalue weighted by Crippen LogP contribution is -2.17. The maximum Gasteiger partial charge on any atom is 0.0711 e. The third-order valence-electron chi connectivity index (χ3n) is 2.17. The fraction of sp³-hybridized carbons (Fsp3) is 1.00. The van der Waals surface area contributed by atoms with Crippen molar-refractivity contribution in [2.45, 2.75) is 31.8 Å². The van der Waals surface area contributed by atoms with Crippen LogP contribution in [0, 0.1) is 0 Å². The topological polar surface area (TPSA) is 41.5 Å². The highest BCUT2D eigenvalue weighted by atomic mass is 16.5. The van der Waals surface area contributed by atoms with E-state index in [2.05, 4.69) is 5.32 Å². The van der Waals surface area contributed by atoms with Crippen molar-refractivity contribution in [3.8, 4) is 0 Å². The molecule has 0 aromatic heterocycles. The van der Waals surface area contributed by atoms with Gasteiger partial charge in [0, 0.05) is 19.8 Å². The number of hydrogen-bond acceptors (Lipinski definition) is 3. The lowest BCUT2D eigenvalue weighted by Gasteiger charge is -2.09. The Morgan fingerprint density at radius 2 is 2.25 bits per heavy atom. The number of nitrogens with one attached hydrogen (secondary N) is 1. The summed E-state index contributed by atoms with van der Waals surface area (Å²) in [5.41, 5.74) is 0. The predicted molar refractivity (Wildman–Crippen MR) is 48.2 cm³/mol. The van der Waals surface area contributed by atoms with Crippen molar-refractivity contribution in [1.29, 1.82) is 0 Å². The number of rotatable bonds is 6. The van der Waals surface area contributed by atoms with E-state index < -0.39 is 0 Å². The summed E-state index contributed by atoms with van der Waals surface area (Å²) in [5.74, 6) is 0. The molecule has 0 aromatic carbocycles. The van der Waals surface area contributed by atoms with Crippen LogP contribution in [0.25, 0.3) is 0 Å². The van der Waals surface area contributed by atoms with Gasteiger partial charge in [0.2, 0.25) is 0 Å². The summed E-state index contributed by atoms with van der Waals surface area (Å²) in [4.78, 5) is 0. The predicted octanol–water partition coefficient (Wildman–Crippen LogP) is 0.527. The zero-order chi connectivity index (χ0) is 8.65. The molecule has 72 valence electrons. The quantitative estimate of drug-likeness (QED) is 0.576. The van der Waals surface area contributed by atoms with Crippen LogP contribution in [0.2, 0.25) is 0 Å². The Labute approximate surface area is 74.1 Å². The molecular formula is C9H19NO2. The van der Waals surface area contributed by atoms with Crippen molar-refractivity contribution >= 4 is 0 Å². The van der Waals surface area contributed by atoms with Crippen LogP contribution in [0.5, 0.6) is 0 Å². The van der Waals surface area contributed by atoms with Gasteiger partial charge < -0.3 is 15.2 Å². The molecule has 1 fully saturated rings. The molecule has 1 rings (SSSR count). The largest absolute Gasteiger partial charge is 0.396 e. The van der Waals surface area contributed by atoms with Crippen LogP contribution in [0.15, 0.2) is 0 Å². The SMILES string of the molecule is OCCCCCOC1CCNC1. The van der Waals surface area contributed by atoms with Crippen LogP contribution >= 0.6 is 0 Å². The minimum Gasteiger partial charge on any atom is -0.396 e. The van der Waals surface area contributed by atoms with Crippen molar-refractivity contribution in [2.75, 3.05) is 26.3 Å². The average molecular weight is 173 g/mol. The third-order valence-corrected chi connectivity index (χ3v) is 2.17. The number of aliphatic hydroxyl groups is 1. The summed E-state index contributed by atoms with van der Waals surface area (Å²) >= 11 is 0. The fourth-order valence-corrected chi connectivity index (χ4v) is 1.41. The second-order valence-electron chi connectivity index (χ2n) is 3.27. The van der Waals surface area contributed by atoms with Gasteiger partial charge in [0.05, 0.1) is 6.10 Å². The molecule has 3 nitrogen and oxygen atoms in total. The Morgan fingerprint density at radius 1 is 1.33 bits per heavy atom. The summed E-state index contributed by atoms with van der Waals surface area (Å²) in [6.45, 7) is 3.28. The highest BCUT2D eigenvalue weighted by molar-refractivity contribution is 4.70. The molecule has 0 aromatic rings. The zero-order valence-corrected chi connectivity index (χ0v) is 7.59. The number of aliphatic hydroxyl groups excluding tert-OH is 1. The van der Waals surface area contributed by atoms with Gasteiger partial charge in [-0.2, -0.15) is 0 Å². The first-order chi connectivity index (χ1) is 5.93. The summed E-state index contributed by atoms with van der Waals surface area (Å²) in [6.07, 6.45) is 4.67. The highest BCUT2D eigenvalue weighted by Crippen LogP contribution is 2.04. The van der Waals surface area contributed by atoms with E-state index in [0.29, 0.717) is 12.7 Å². The lowest BCUT2D eigenvalue weighted by atomic mass is 10.2. The molecule has 1 heterocycles. The summed E-state index contributed by atoms with van der Waals surface area (Å²) in [6, 6.07) is 0. The second kappa shape index (κ2) is 6.40. The molecule has 0 bridgehead atoms. The maximum absolute atomic E-state index is 8.53. The first-order valence-corrected chi connectivity index (χ1v) is 4.86. The van der Waals surface area contributed by atoms with E-state index in [4.69, 9.17) is 9.84 Å². The van der Waals surface area contributed by atoms with Crippen molar-refractivity contribution < 1.29 is 9.84 Å². The molecule has 0 radical (unpaired) electrons. The summed E-state index contributed by atoms with van der Waals surface area (Å²) < 4.78 is 5.61. The summed E-state index contributed by atoms with van der Waals surface area (Å²) in [7, 11) is 0. The van der Waals surface area contributed by atoms with Gasteiger partial charge in [-0.25, -0.2) is 0 Å². The van der Waals surface area contributed by atoms with Gasteiger partial charge in [0.15, 0.2) is 0 Å². The second-order valence-corrected chi connectivity index (χ2v) is 3.27. The molecule has 1 atom stereocenters. The normalized spacial score (nSPS) is 23.2. The Bertz CT molecular complexity index is 103. The average Bonchev–Trinajstić information content (AvgIpc) is 2.57. The van der Waals surface area contributed by atoms with E-state index >= 15 is 0 Å². The first kappa shape index (κ1) is 9.96. The van der Waals surface area contributed by atoms with E-state index in [1.165, 1.54) is 0 Å². The van der Waals surface area contributed by atoms with E-state index in [0.717, 1.165) is 45.4 Å². The number of ether oxygens (including phenoxy) is 1. The lowest BCUT2D eigenvalue weighted by molar-refractivity contribution is 0.0636. The molecule has 12 heavy (non-hydrogen) atoms. The molecule has 1 aliphatic heterocycles. The van der Waals surface area contributed by atoms with Crippen LogP contribution in [0.4, 0.5) is 0 Å².